The lowest BCUT2D eigenvalue weighted by molar-refractivity contribution is -0.107. The van der Waals surface area contributed by atoms with Gasteiger partial charge in [-0.2, -0.15) is 0 Å². The van der Waals surface area contributed by atoms with Gasteiger partial charge in [-0.1, -0.05) is 98.2 Å². The minimum absolute atomic E-state index is 0.219. The van der Waals surface area contributed by atoms with Crippen molar-refractivity contribution >= 4 is 24.7 Å². The highest BCUT2D eigenvalue weighted by Crippen LogP contribution is 2.39. The summed E-state index contributed by atoms with van der Waals surface area (Å²) in [6.07, 6.45) is 3.84. The van der Waals surface area contributed by atoms with Crippen LogP contribution in [0.1, 0.15) is 40.0 Å². The summed E-state index contributed by atoms with van der Waals surface area (Å²) in [5.74, 6) is 0. The molecule has 0 radical (unpaired) electrons. The average molecular weight is 325 g/mol. The van der Waals surface area contributed by atoms with Crippen LogP contribution in [0, 0.1) is 0 Å². The number of aldehydes is 1. The van der Waals surface area contributed by atoms with Crippen molar-refractivity contribution in [3.63, 3.8) is 0 Å². The lowest BCUT2D eigenvalue weighted by Gasteiger charge is -2.44. The Balaban J connectivity index is 2.53. The Bertz CT molecular complexity index is 559. The van der Waals surface area contributed by atoms with E-state index in [1.807, 2.05) is 0 Å². The first-order valence-electron chi connectivity index (χ1n) is 8.57. The van der Waals surface area contributed by atoms with Gasteiger partial charge in [0.2, 0.25) is 0 Å². The second-order valence-electron chi connectivity index (χ2n) is 7.30. The van der Waals surface area contributed by atoms with E-state index in [4.69, 9.17) is 0 Å². The van der Waals surface area contributed by atoms with Crippen LogP contribution >= 0.6 is 0 Å². The van der Waals surface area contributed by atoms with Gasteiger partial charge in [0.05, 0.1) is 0 Å². The molecule has 0 saturated heterocycles. The third-order valence-corrected chi connectivity index (χ3v) is 11.2. The molecule has 0 spiro atoms. The molecule has 0 saturated carbocycles. The summed E-state index contributed by atoms with van der Waals surface area (Å²) in [6, 6.07) is 23.3. The maximum Gasteiger partial charge on any atom is 0.123 e. The van der Waals surface area contributed by atoms with E-state index in [0.29, 0.717) is 6.42 Å². The molecule has 122 valence electrons. The molecule has 2 aromatic rings. The summed E-state index contributed by atoms with van der Waals surface area (Å²) < 4.78 is 0. The Morgan fingerprint density at radius 3 is 1.70 bits per heavy atom. The fraction of sp³-hybridized carbons (Fsp3) is 0.381. The summed E-state index contributed by atoms with van der Waals surface area (Å²) >= 11 is 0. The normalized spacial score (nSPS) is 12.1. The van der Waals surface area contributed by atoms with E-state index >= 15 is 0 Å². The largest absolute Gasteiger partial charge is 0.303 e. The molecule has 0 fully saturated rings. The van der Waals surface area contributed by atoms with Crippen LogP contribution in [0.25, 0.3) is 0 Å². The summed E-state index contributed by atoms with van der Waals surface area (Å²) in [5.41, 5.74) is 0. The predicted octanol–water partition coefficient (Wildman–Crippen LogP) is 4.42. The zero-order valence-corrected chi connectivity index (χ0v) is 15.6. The fourth-order valence-corrected chi connectivity index (χ4v) is 9.46. The number of carbonyl (C=O) groups excluding carboxylic acids is 1. The van der Waals surface area contributed by atoms with Crippen LogP contribution in [0.4, 0.5) is 0 Å². The first-order valence-corrected chi connectivity index (χ1v) is 10.8. The smallest absolute Gasteiger partial charge is 0.123 e. The number of rotatable bonds is 7. The number of unbranched alkanes of at least 4 members (excludes halogenated alkanes) is 2. The molecule has 0 N–H and O–H groups in total. The number of hydrogen-bond donors (Lipinski definition) is 0. The maximum absolute atomic E-state index is 10.7. The van der Waals surface area contributed by atoms with Crippen molar-refractivity contribution in [2.75, 3.05) is 0 Å². The topological polar surface area (TPSA) is 17.1 Å². The van der Waals surface area contributed by atoms with E-state index in [1.165, 1.54) is 16.4 Å². The van der Waals surface area contributed by atoms with E-state index < -0.39 is 8.07 Å². The molecule has 0 aliphatic rings. The first kappa shape index (κ1) is 17.7. The summed E-state index contributed by atoms with van der Waals surface area (Å²) in [6.45, 7) is 7.16. The molecule has 0 atom stereocenters. The fourth-order valence-electron chi connectivity index (χ4n) is 3.76. The molecule has 2 aromatic carbocycles. The van der Waals surface area contributed by atoms with E-state index in [2.05, 4.69) is 81.4 Å². The maximum atomic E-state index is 10.7. The second-order valence-corrected chi connectivity index (χ2v) is 12.3. The van der Waals surface area contributed by atoms with E-state index in [1.54, 1.807) is 0 Å². The molecule has 0 aliphatic carbocycles. The van der Waals surface area contributed by atoms with Gasteiger partial charge >= 0.3 is 0 Å². The highest BCUT2D eigenvalue weighted by atomic mass is 28.3. The van der Waals surface area contributed by atoms with Crippen LogP contribution in [0.2, 0.25) is 11.1 Å². The van der Waals surface area contributed by atoms with Crippen molar-refractivity contribution in [2.45, 2.75) is 51.1 Å². The van der Waals surface area contributed by atoms with E-state index in [9.17, 15) is 4.79 Å². The van der Waals surface area contributed by atoms with Gasteiger partial charge in [-0.25, -0.2) is 0 Å². The molecule has 0 aliphatic heterocycles. The van der Waals surface area contributed by atoms with Gasteiger partial charge < -0.3 is 4.79 Å². The second kappa shape index (κ2) is 7.74. The van der Waals surface area contributed by atoms with Crippen LogP contribution in [0.3, 0.4) is 0 Å². The molecule has 2 rings (SSSR count). The number of carbonyl (C=O) groups is 1. The average Bonchev–Trinajstić information content (AvgIpc) is 2.55. The lowest BCUT2D eigenvalue weighted by Crippen LogP contribution is -2.64. The van der Waals surface area contributed by atoms with Crippen LogP contribution in [-0.4, -0.2) is 14.4 Å². The third kappa shape index (κ3) is 3.81. The molecule has 0 amide bonds. The molecule has 0 bridgehead atoms. The van der Waals surface area contributed by atoms with Gasteiger partial charge in [-0.3, -0.25) is 0 Å². The molecule has 1 nitrogen and oxygen atoms in total. The van der Waals surface area contributed by atoms with Crippen LogP contribution in [0.5, 0.6) is 0 Å². The van der Waals surface area contributed by atoms with Crippen molar-refractivity contribution in [1.29, 1.82) is 0 Å². The molecule has 0 aromatic heterocycles. The molecular formula is C21H28OSi. The minimum Gasteiger partial charge on any atom is -0.303 e. The van der Waals surface area contributed by atoms with Crippen molar-refractivity contribution < 1.29 is 4.79 Å². The van der Waals surface area contributed by atoms with Gasteiger partial charge in [0.15, 0.2) is 0 Å². The highest BCUT2D eigenvalue weighted by Gasteiger charge is 2.46. The zero-order valence-electron chi connectivity index (χ0n) is 14.6. The summed E-state index contributed by atoms with van der Waals surface area (Å²) in [5, 5.41) is 3.23. The molecular weight excluding hydrogens is 296 g/mol. The Kier molecular flexibility index (Phi) is 5.95. The minimum atomic E-state index is -1.92. The Hall–Kier alpha value is -1.67. The quantitative estimate of drug-likeness (QED) is 0.418. The first-order chi connectivity index (χ1) is 11.0. The van der Waals surface area contributed by atoms with Crippen molar-refractivity contribution in [3.8, 4) is 0 Å². The van der Waals surface area contributed by atoms with Crippen molar-refractivity contribution in [1.82, 2.24) is 0 Å². The highest BCUT2D eigenvalue weighted by molar-refractivity contribution is 7.04. The van der Waals surface area contributed by atoms with Gasteiger partial charge in [0.25, 0.3) is 0 Å². The predicted molar refractivity (Wildman–Crippen MR) is 102 cm³/mol. The number of benzene rings is 2. The van der Waals surface area contributed by atoms with E-state index in [-0.39, 0.29) is 5.04 Å². The van der Waals surface area contributed by atoms with Crippen molar-refractivity contribution in [2.24, 2.45) is 0 Å². The Morgan fingerprint density at radius 1 is 0.826 bits per heavy atom. The molecule has 0 heterocycles. The van der Waals surface area contributed by atoms with Gasteiger partial charge in [-0.15, -0.1) is 0 Å². The Morgan fingerprint density at radius 2 is 1.30 bits per heavy atom. The van der Waals surface area contributed by atoms with Gasteiger partial charge in [-0.05, 0) is 17.5 Å². The summed E-state index contributed by atoms with van der Waals surface area (Å²) in [7, 11) is -1.92. The standard InChI is InChI=1S/C21H28OSi/c1-21(2,3)23(18-12-6-11-17-22,19-13-7-4-8-14-19)20-15-9-5-10-16-20/h4-5,7-10,13-17H,6,11-12,18H2,1-3H3. The van der Waals surface area contributed by atoms with Crippen LogP contribution < -0.4 is 10.4 Å². The van der Waals surface area contributed by atoms with Crippen LogP contribution in [0.15, 0.2) is 60.7 Å². The SMILES string of the molecule is CC(C)(C)[Si](CCCCC=O)(c1ccccc1)c1ccccc1. The monoisotopic (exact) mass is 324 g/mol. The van der Waals surface area contributed by atoms with E-state index in [0.717, 1.165) is 19.1 Å². The molecule has 0 unspecified atom stereocenters. The Labute approximate surface area is 141 Å². The summed E-state index contributed by atoms with van der Waals surface area (Å²) in [4.78, 5) is 10.7. The van der Waals surface area contributed by atoms with Crippen molar-refractivity contribution in [3.05, 3.63) is 60.7 Å². The zero-order chi connectivity index (χ0) is 16.8. The number of hydrogen-bond acceptors (Lipinski definition) is 1. The molecule has 2 heteroatoms. The van der Waals surface area contributed by atoms with Crippen LogP contribution in [-0.2, 0) is 4.79 Å². The van der Waals surface area contributed by atoms with Gasteiger partial charge in [0.1, 0.15) is 14.4 Å². The third-order valence-electron chi connectivity index (χ3n) is 4.94. The van der Waals surface area contributed by atoms with Gasteiger partial charge in [0, 0.05) is 6.42 Å². The molecule has 23 heavy (non-hydrogen) atoms. The lowest BCUT2D eigenvalue weighted by atomic mass is 10.2.